The number of para-hydroxylation sites is 1. The predicted molar refractivity (Wildman–Crippen MR) is 89.3 cm³/mol. The number of ether oxygens (including phenoxy) is 2. The largest absolute Gasteiger partial charge is 0.493 e. The number of alkyl halides is 2. The zero-order chi connectivity index (χ0) is 17.8. The quantitative estimate of drug-likeness (QED) is 0.716. The van der Waals surface area contributed by atoms with Gasteiger partial charge in [0.05, 0.1) is 18.0 Å². The number of hydrogen-bond donors (Lipinski definition) is 2. The fourth-order valence-corrected chi connectivity index (χ4v) is 2.38. The number of aromatic nitrogens is 2. The molecule has 0 atom stereocenters. The molecule has 0 saturated heterocycles. The average Bonchev–Trinajstić information content (AvgIpc) is 2.60. The zero-order valence-electron chi connectivity index (χ0n) is 13.3. The van der Waals surface area contributed by atoms with Crippen LogP contribution in [0.3, 0.4) is 0 Å². The summed E-state index contributed by atoms with van der Waals surface area (Å²) < 4.78 is 34.4. The van der Waals surface area contributed by atoms with Gasteiger partial charge in [0.25, 0.3) is 5.56 Å². The number of halogens is 2. The number of anilines is 1. The van der Waals surface area contributed by atoms with Gasteiger partial charge in [0.1, 0.15) is 0 Å². The number of fused-ring (bicyclic) bond motifs is 1. The van der Waals surface area contributed by atoms with Crippen LogP contribution < -0.4 is 20.3 Å². The summed E-state index contributed by atoms with van der Waals surface area (Å²) in [5.41, 5.74) is 0.960. The van der Waals surface area contributed by atoms with Crippen molar-refractivity contribution in [3.05, 3.63) is 58.4 Å². The monoisotopic (exact) mass is 347 g/mol. The van der Waals surface area contributed by atoms with Crippen molar-refractivity contribution in [3.8, 4) is 11.5 Å². The molecule has 130 valence electrons. The van der Waals surface area contributed by atoms with Crippen molar-refractivity contribution in [1.29, 1.82) is 0 Å². The minimum atomic E-state index is -2.95. The molecule has 0 aliphatic rings. The van der Waals surface area contributed by atoms with Gasteiger partial charge < -0.3 is 14.8 Å². The predicted octanol–water partition coefficient (Wildman–Crippen LogP) is 3.15. The maximum Gasteiger partial charge on any atom is 0.387 e. The van der Waals surface area contributed by atoms with Gasteiger partial charge in [-0.2, -0.15) is 8.78 Å². The van der Waals surface area contributed by atoms with Gasteiger partial charge in [-0.3, -0.25) is 9.78 Å². The second-order valence-corrected chi connectivity index (χ2v) is 5.15. The van der Waals surface area contributed by atoms with Crippen LogP contribution >= 0.6 is 0 Å². The van der Waals surface area contributed by atoms with Gasteiger partial charge >= 0.3 is 6.61 Å². The molecule has 1 heterocycles. The van der Waals surface area contributed by atoms with E-state index in [2.05, 4.69) is 20.0 Å². The van der Waals surface area contributed by atoms with Gasteiger partial charge in [0, 0.05) is 6.54 Å². The SMILES string of the molecule is COc1ccc(CNc2nc3ccccc3c(=O)[nH]2)cc1OC(F)F. The van der Waals surface area contributed by atoms with Crippen molar-refractivity contribution < 1.29 is 18.3 Å². The van der Waals surface area contributed by atoms with Crippen molar-refractivity contribution >= 4 is 16.9 Å². The lowest BCUT2D eigenvalue weighted by molar-refractivity contribution is -0.0512. The second kappa shape index (κ2) is 7.16. The maximum atomic E-state index is 12.5. The summed E-state index contributed by atoms with van der Waals surface area (Å²) in [4.78, 5) is 19.0. The zero-order valence-corrected chi connectivity index (χ0v) is 13.3. The van der Waals surface area contributed by atoms with E-state index in [9.17, 15) is 13.6 Å². The Bertz CT molecular complexity index is 944. The fraction of sp³-hybridized carbons (Fsp3) is 0.176. The Morgan fingerprint density at radius 3 is 2.76 bits per heavy atom. The molecule has 0 saturated carbocycles. The van der Waals surface area contributed by atoms with E-state index in [1.54, 1.807) is 30.3 Å². The molecule has 3 rings (SSSR count). The molecule has 2 aromatic carbocycles. The molecule has 2 N–H and O–H groups in total. The number of rotatable bonds is 6. The number of hydrogen-bond acceptors (Lipinski definition) is 5. The van der Waals surface area contributed by atoms with E-state index in [-0.39, 0.29) is 29.6 Å². The number of nitrogens with one attached hydrogen (secondary N) is 2. The summed E-state index contributed by atoms with van der Waals surface area (Å²) in [6.45, 7) is -2.69. The standard InChI is InChI=1S/C17H15F2N3O3/c1-24-13-7-6-10(8-14(13)25-16(18)19)9-20-17-21-12-5-3-2-4-11(12)15(23)22-17/h2-8,16H,9H2,1H3,(H2,20,21,22,23). The molecule has 3 aromatic rings. The summed E-state index contributed by atoms with van der Waals surface area (Å²) in [6.07, 6.45) is 0. The molecule has 1 aromatic heterocycles. The Kier molecular flexibility index (Phi) is 4.78. The first-order valence-corrected chi connectivity index (χ1v) is 7.41. The van der Waals surface area contributed by atoms with Crippen LogP contribution in [-0.4, -0.2) is 23.7 Å². The molecule has 6 nitrogen and oxygen atoms in total. The van der Waals surface area contributed by atoms with Crippen LogP contribution in [0.25, 0.3) is 10.9 Å². The van der Waals surface area contributed by atoms with Crippen LogP contribution in [0.1, 0.15) is 5.56 Å². The summed E-state index contributed by atoms with van der Waals surface area (Å²) >= 11 is 0. The average molecular weight is 347 g/mol. The van der Waals surface area contributed by atoms with Crippen molar-refractivity contribution in [2.75, 3.05) is 12.4 Å². The minimum Gasteiger partial charge on any atom is -0.493 e. The normalized spacial score (nSPS) is 10.9. The number of nitrogens with zero attached hydrogens (tertiary/aromatic N) is 1. The highest BCUT2D eigenvalue weighted by molar-refractivity contribution is 5.78. The Hall–Kier alpha value is -3.16. The fourth-order valence-electron chi connectivity index (χ4n) is 2.38. The van der Waals surface area contributed by atoms with Gasteiger partial charge in [-0.05, 0) is 29.8 Å². The van der Waals surface area contributed by atoms with Gasteiger partial charge in [0.2, 0.25) is 5.95 Å². The Labute approximate surface area is 141 Å². The third-order valence-corrected chi connectivity index (χ3v) is 3.52. The van der Waals surface area contributed by atoms with Crippen LogP contribution in [0.4, 0.5) is 14.7 Å². The summed E-state index contributed by atoms with van der Waals surface area (Å²) in [7, 11) is 1.37. The lowest BCUT2D eigenvalue weighted by Crippen LogP contribution is -2.13. The lowest BCUT2D eigenvalue weighted by Gasteiger charge is -2.12. The lowest BCUT2D eigenvalue weighted by atomic mass is 10.2. The highest BCUT2D eigenvalue weighted by Crippen LogP contribution is 2.29. The van der Waals surface area contributed by atoms with Crippen molar-refractivity contribution in [3.63, 3.8) is 0 Å². The first-order chi connectivity index (χ1) is 12.1. The molecule has 0 spiro atoms. The van der Waals surface area contributed by atoms with E-state index in [1.165, 1.54) is 19.2 Å². The Morgan fingerprint density at radius 2 is 2.00 bits per heavy atom. The van der Waals surface area contributed by atoms with Gasteiger partial charge in [-0.15, -0.1) is 0 Å². The van der Waals surface area contributed by atoms with Crippen molar-refractivity contribution in [1.82, 2.24) is 9.97 Å². The van der Waals surface area contributed by atoms with E-state index in [0.717, 1.165) is 0 Å². The molecule has 0 unspecified atom stereocenters. The molecule has 0 amide bonds. The number of benzene rings is 2. The summed E-state index contributed by atoms with van der Waals surface area (Å²) in [5.74, 6) is 0.439. The third-order valence-electron chi connectivity index (χ3n) is 3.52. The van der Waals surface area contributed by atoms with E-state index in [4.69, 9.17) is 4.74 Å². The topological polar surface area (TPSA) is 76.2 Å². The molecular weight excluding hydrogens is 332 g/mol. The highest BCUT2D eigenvalue weighted by atomic mass is 19.3. The third kappa shape index (κ3) is 3.85. The number of H-pyrrole nitrogens is 1. The summed E-state index contributed by atoms with van der Waals surface area (Å²) in [6, 6.07) is 11.6. The molecular formula is C17H15F2N3O3. The minimum absolute atomic E-state index is 0.0586. The smallest absolute Gasteiger partial charge is 0.387 e. The second-order valence-electron chi connectivity index (χ2n) is 5.15. The molecule has 0 aliphatic carbocycles. The molecule has 0 aliphatic heterocycles. The van der Waals surface area contributed by atoms with Gasteiger partial charge in [0.15, 0.2) is 11.5 Å². The van der Waals surface area contributed by atoms with Crippen LogP contribution in [0, 0.1) is 0 Å². The molecule has 0 fully saturated rings. The molecule has 0 bridgehead atoms. The highest BCUT2D eigenvalue weighted by Gasteiger charge is 2.11. The van der Waals surface area contributed by atoms with Crippen LogP contribution in [-0.2, 0) is 6.54 Å². The van der Waals surface area contributed by atoms with E-state index >= 15 is 0 Å². The summed E-state index contributed by atoms with van der Waals surface area (Å²) in [5, 5.41) is 3.45. The van der Waals surface area contributed by atoms with E-state index < -0.39 is 6.61 Å². The number of aromatic amines is 1. The van der Waals surface area contributed by atoms with Gasteiger partial charge in [-0.1, -0.05) is 18.2 Å². The Morgan fingerprint density at radius 1 is 1.20 bits per heavy atom. The van der Waals surface area contributed by atoms with Gasteiger partial charge in [-0.25, -0.2) is 4.98 Å². The maximum absolute atomic E-state index is 12.5. The molecule has 0 radical (unpaired) electrons. The number of methoxy groups -OCH3 is 1. The van der Waals surface area contributed by atoms with E-state index in [1.807, 2.05) is 0 Å². The van der Waals surface area contributed by atoms with E-state index in [0.29, 0.717) is 16.5 Å². The first kappa shape index (κ1) is 16.7. The van der Waals surface area contributed by atoms with Crippen molar-refractivity contribution in [2.24, 2.45) is 0 Å². The molecule has 25 heavy (non-hydrogen) atoms. The first-order valence-electron chi connectivity index (χ1n) is 7.41. The molecule has 8 heteroatoms. The van der Waals surface area contributed by atoms with Crippen molar-refractivity contribution in [2.45, 2.75) is 13.2 Å². The Balaban J connectivity index is 1.80. The van der Waals surface area contributed by atoms with Crippen LogP contribution in [0.5, 0.6) is 11.5 Å². The van der Waals surface area contributed by atoms with Crippen LogP contribution in [0.15, 0.2) is 47.3 Å². The van der Waals surface area contributed by atoms with Crippen LogP contribution in [0.2, 0.25) is 0 Å².